The first-order chi connectivity index (χ1) is 9.15. The number of benzene rings is 1. The lowest BCUT2D eigenvalue weighted by Crippen LogP contribution is -2.85. The zero-order valence-electron chi connectivity index (χ0n) is 11.3. The molecule has 0 aromatic heterocycles. The zero-order chi connectivity index (χ0) is 13.8. The maximum Gasteiger partial charge on any atom is 0.236 e. The highest BCUT2D eigenvalue weighted by Crippen LogP contribution is 2.44. The van der Waals surface area contributed by atoms with Crippen LogP contribution in [-0.2, 0) is 4.79 Å². The summed E-state index contributed by atoms with van der Waals surface area (Å²) in [5.74, 6) is 0.222. The van der Waals surface area contributed by atoms with Crippen molar-refractivity contribution in [3.05, 3.63) is 34.9 Å². The second kappa shape index (κ2) is 6.64. The van der Waals surface area contributed by atoms with Crippen LogP contribution in [0.1, 0.15) is 24.8 Å². The molecule has 1 aliphatic heterocycles. The largest absolute Gasteiger partial charge is 0.345 e. The predicted molar refractivity (Wildman–Crippen MR) is 80.3 cm³/mol. The van der Waals surface area contributed by atoms with Crippen LogP contribution in [0.25, 0.3) is 0 Å². The van der Waals surface area contributed by atoms with Gasteiger partial charge < -0.3 is 10.2 Å². The summed E-state index contributed by atoms with van der Waals surface area (Å²) in [4.78, 5) is 14.2. The molecule has 0 bridgehead atoms. The van der Waals surface area contributed by atoms with Gasteiger partial charge in [0.05, 0.1) is 24.9 Å². The van der Waals surface area contributed by atoms with Crippen LogP contribution in [0.15, 0.2) is 24.3 Å². The van der Waals surface area contributed by atoms with E-state index in [4.69, 9.17) is 11.6 Å². The number of quaternary nitrogens is 1. The molecule has 5 heteroatoms. The highest BCUT2D eigenvalue weighted by molar-refractivity contribution is 8.01. The first-order valence-electron chi connectivity index (χ1n) is 6.67. The summed E-state index contributed by atoms with van der Waals surface area (Å²) in [5, 5.41) is 3.03. The van der Waals surface area contributed by atoms with Crippen LogP contribution in [0.3, 0.4) is 0 Å². The normalized spacial score (nSPS) is 23.1. The molecule has 0 radical (unpaired) electrons. The standard InChI is InChI=1S/C14H19ClN2OS/c1-3-16-8-9-17-13(18)10(2)19-14(17)11-6-4-5-7-12(11)15/h4-7,10,14,16H,3,8-9H2,1-2H3/p+1/t10-,14+/m0/s1. The van der Waals surface area contributed by atoms with E-state index in [2.05, 4.69) is 12.2 Å². The van der Waals surface area contributed by atoms with Crippen LogP contribution < -0.4 is 5.32 Å². The Morgan fingerprint density at radius 1 is 1.42 bits per heavy atom. The topological polar surface area (TPSA) is 36.9 Å². The van der Waals surface area contributed by atoms with Gasteiger partial charge in [-0.1, -0.05) is 29.8 Å². The van der Waals surface area contributed by atoms with Gasteiger partial charge in [0, 0.05) is 10.6 Å². The summed E-state index contributed by atoms with van der Waals surface area (Å²) >= 11 is 7.95. The molecule has 0 aliphatic carbocycles. The van der Waals surface area contributed by atoms with Gasteiger partial charge in [0.15, 0.2) is 0 Å². The van der Waals surface area contributed by atoms with E-state index in [0.717, 1.165) is 30.2 Å². The Bertz CT molecular complexity index is 455. The van der Waals surface area contributed by atoms with Crippen molar-refractivity contribution >= 4 is 29.3 Å². The van der Waals surface area contributed by atoms with Crippen molar-refractivity contribution in [3.63, 3.8) is 0 Å². The SMILES string of the molecule is CC[NH2+]CCN1C(=O)[C@H](C)S[C@@H]1c1ccccc1Cl. The molecule has 1 aliphatic rings. The quantitative estimate of drug-likeness (QED) is 0.843. The van der Waals surface area contributed by atoms with Crippen molar-refractivity contribution in [1.29, 1.82) is 0 Å². The minimum Gasteiger partial charge on any atom is -0.345 e. The molecular weight excluding hydrogens is 280 g/mol. The first kappa shape index (κ1) is 14.7. The fourth-order valence-electron chi connectivity index (χ4n) is 2.25. The Morgan fingerprint density at radius 3 is 2.84 bits per heavy atom. The van der Waals surface area contributed by atoms with Gasteiger partial charge in [0.25, 0.3) is 0 Å². The number of carbonyl (C=O) groups excluding carboxylic acids is 1. The molecule has 1 aromatic rings. The van der Waals surface area contributed by atoms with Gasteiger partial charge in [0.1, 0.15) is 5.37 Å². The van der Waals surface area contributed by atoms with Crippen LogP contribution in [0.5, 0.6) is 0 Å². The number of carbonyl (C=O) groups is 1. The van der Waals surface area contributed by atoms with Gasteiger partial charge in [-0.25, -0.2) is 0 Å². The van der Waals surface area contributed by atoms with Gasteiger partial charge in [-0.05, 0) is 19.9 Å². The lowest BCUT2D eigenvalue weighted by Gasteiger charge is -2.24. The fourth-order valence-corrected chi connectivity index (χ4v) is 3.90. The van der Waals surface area contributed by atoms with Crippen molar-refractivity contribution in [2.45, 2.75) is 24.5 Å². The molecule has 0 spiro atoms. The van der Waals surface area contributed by atoms with E-state index in [1.165, 1.54) is 0 Å². The van der Waals surface area contributed by atoms with Crippen molar-refractivity contribution in [2.24, 2.45) is 0 Å². The van der Waals surface area contributed by atoms with E-state index in [1.54, 1.807) is 11.8 Å². The van der Waals surface area contributed by atoms with E-state index < -0.39 is 0 Å². The molecule has 0 saturated carbocycles. The molecule has 2 N–H and O–H groups in total. The Hall–Kier alpha value is -0.710. The number of rotatable bonds is 5. The molecule has 1 saturated heterocycles. The lowest BCUT2D eigenvalue weighted by molar-refractivity contribution is -0.651. The zero-order valence-corrected chi connectivity index (χ0v) is 12.9. The van der Waals surface area contributed by atoms with Gasteiger partial charge >= 0.3 is 0 Å². The molecule has 3 nitrogen and oxygen atoms in total. The fraction of sp³-hybridized carbons (Fsp3) is 0.500. The summed E-state index contributed by atoms with van der Waals surface area (Å²) < 4.78 is 0. The Balaban J connectivity index is 2.17. The number of nitrogens with zero attached hydrogens (tertiary/aromatic N) is 1. The minimum atomic E-state index is 0.0166. The Labute approximate surface area is 123 Å². The summed E-state index contributed by atoms with van der Waals surface area (Å²) in [5.41, 5.74) is 1.04. The van der Waals surface area contributed by atoms with Gasteiger partial charge in [-0.15, -0.1) is 11.8 Å². The third-order valence-corrected chi connectivity index (χ3v) is 5.00. The van der Waals surface area contributed by atoms with Gasteiger partial charge in [-0.3, -0.25) is 4.79 Å². The van der Waals surface area contributed by atoms with Crippen molar-refractivity contribution < 1.29 is 10.1 Å². The van der Waals surface area contributed by atoms with Gasteiger partial charge in [-0.2, -0.15) is 0 Å². The smallest absolute Gasteiger partial charge is 0.236 e. The third kappa shape index (κ3) is 3.25. The average Bonchev–Trinajstić information content (AvgIpc) is 2.68. The molecule has 1 fully saturated rings. The van der Waals surface area contributed by atoms with E-state index in [1.807, 2.05) is 36.1 Å². The number of amides is 1. The van der Waals surface area contributed by atoms with E-state index in [-0.39, 0.29) is 16.5 Å². The van der Waals surface area contributed by atoms with E-state index >= 15 is 0 Å². The van der Waals surface area contributed by atoms with Crippen LogP contribution in [0.4, 0.5) is 0 Å². The predicted octanol–water partition coefficient (Wildman–Crippen LogP) is 1.89. The minimum absolute atomic E-state index is 0.0166. The second-order valence-corrected chi connectivity index (χ2v) is 6.50. The highest BCUT2D eigenvalue weighted by Gasteiger charge is 2.39. The number of nitrogens with two attached hydrogens (primary N) is 1. The monoisotopic (exact) mass is 299 g/mol. The van der Waals surface area contributed by atoms with Crippen LogP contribution in [-0.4, -0.2) is 35.7 Å². The number of likely N-dealkylation sites (N-methyl/N-ethyl adjacent to an activating group) is 1. The van der Waals surface area contributed by atoms with Gasteiger partial charge in [0.2, 0.25) is 5.91 Å². The summed E-state index contributed by atoms with van der Waals surface area (Å²) in [7, 11) is 0. The third-order valence-electron chi connectivity index (χ3n) is 3.28. The summed E-state index contributed by atoms with van der Waals surface area (Å²) in [6, 6.07) is 7.81. The maximum atomic E-state index is 12.2. The number of thioether (sulfide) groups is 1. The molecule has 0 unspecified atom stereocenters. The Kier molecular flexibility index (Phi) is 5.13. The molecule has 1 aromatic carbocycles. The number of halogens is 1. The second-order valence-electron chi connectivity index (χ2n) is 4.67. The molecule has 2 atom stereocenters. The molecule has 104 valence electrons. The number of hydrogen-bond acceptors (Lipinski definition) is 2. The van der Waals surface area contributed by atoms with Crippen molar-refractivity contribution in [3.8, 4) is 0 Å². The maximum absolute atomic E-state index is 12.2. The summed E-state index contributed by atoms with van der Waals surface area (Å²) in [6.45, 7) is 6.85. The van der Waals surface area contributed by atoms with E-state index in [9.17, 15) is 4.79 Å². The van der Waals surface area contributed by atoms with Crippen LogP contribution >= 0.6 is 23.4 Å². The Morgan fingerprint density at radius 2 is 2.16 bits per heavy atom. The lowest BCUT2D eigenvalue weighted by atomic mass is 10.2. The summed E-state index contributed by atoms with van der Waals surface area (Å²) in [6.07, 6.45) is 0. The highest BCUT2D eigenvalue weighted by atomic mass is 35.5. The van der Waals surface area contributed by atoms with Crippen LogP contribution in [0, 0.1) is 0 Å². The molecule has 19 heavy (non-hydrogen) atoms. The first-order valence-corrected chi connectivity index (χ1v) is 7.99. The van der Waals surface area contributed by atoms with E-state index in [0.29, 0.717) is 0 Å². The van der Waals surface area contributed by atoms with Crippen molar-refractivity contribution in [1.82, 2.24) is 4.90 Å². The molecule has 1 amide bonds. The average molecular weight is 300 g/mol. The van der Waals surface area contributed by atoms with Crippen molar-refractivity contribution in [2.75, 3.05) is 19.6 Å². The molecule has 1 heterocycles. The molecule has 2 rings (SSSR count). The number of hydrogen-bond donors (Lipinski definition) is 1. The molecular formula is C14H20ClN2OS+. The van der Waals surface area contributed by atoms with Crippen LogP contribution in [0.2, 0.25) is 5.02 Å².